The maximum Gasteiger partial charge on any atom is 0.120 e. The minimum Gasteiger partial charge on any atom is -0.489 e. The number of anilines is 1. The molecular formula is C24H21N5O. The second kappa shape index (κ2) is 8.93. The molecule has 0 radical (unpaired) electrons. The molecule has 1 N–H and O–H groups in total. The van der Waals surface area contributed by atoms with E-state index < -0.39 is 0 Å². The minimum atomic E-state index is 0.418. The van der Waals surface area contributed by atoms with Crippen LogP contribution in [0.4, 0.5) is 5.69 Å². The van der Waals surface area contributed by atoms with E-state index in [1.165, 1.54) is 0 Å². The summed E-state index contributed by atoms with van der Waals surface area (Å²) in [5.41, 5.74) is 5.58. The molecule has 0 saturated heterocycles. The Morgan fingerprint density at radius 1 is 1.03 bits per heavy atom. The Morgan fingerprint density at radius 3 is 2.67 bits per heavy atom. The van der Waals surface area contributed by atoms with Crippen molar-refractivity contribution < 1.29 is 4.74 Å². The molecule has 2 aromatic heterocycles. The number of hydrogen-bond donors (Lipinski definition) is 1. The zero-order valence-corrected chi connectivity index (χ0v) is 16.6. The van der Waals surface area contributed by atoms with E-state index in [-0.39, 0.29) is 0 Å². The molecule has 148 valence electrons. The zero-order chi connectivity index (χ0) is 20.8. The molecule has 0 atom stereocenters. The van der Waals surface area contributed by atoms with Crippen molar-refractivity contribution in [2.45, 2.75) is 13.2 Å². The third-order valence-corrected chi connectivity index (χ3v) is 4.63. The maximum atomic E-state index is 9.02. The van der Waals surface area contributed by atoms with Gasteiger partial charge in [-0.3, -0.25) is 9.67 Å². The van der Waals surface area contributed by atoms with E-state index in [1.807, 2.05) is 61.8 Å². The van der Waals surface area contributed by atoms with Gasteiger partial charge in [-0.2, -0.15) is 10.4 Å². The lowest BCUT2D eigenvalue weighted by molar-refractivity contribution is 0.306. The molecule has 30 heavy (non-hydrogen) atoms. The number of aryl methyl sites for hydroxylation is 1. The van der Waals surface area contributed by atoms with E-state index in [9.17, 15) is 0 Å². The van der Waals surface area contributed by atoms with Gasteiger partial charge in [0.05, 0.1) is 17.3 Å². The number of benzene rings is 2. The van der Waals surface area contributed by atoms with Gasteiger partial charge in [0.25, 0.3) is 0 Å². The molecule has 6 heteroatoms. The van der Waals surface area contributed by atoms with Crippen LogP contribution in [-0.2, 0) is 20.2 Å². The average molecular weight is 395 g/mol. The summed E-state index contributed by atoms with van der Waals surface area (Å²) in [7, 11) is 1.91. The number of ether oxygens (including phenoxy) is 1. The number of rotatable bonds is 7. The van der Waals surface area contributed by atoms with Crippen LogP contribution < -0.4 is 10.1 Å². The Hall–Kier alpha value is -4.11. The van der Waals surface area contributed by atoms with Crippen molar-refractivity contribution in [3.63, 3.8) is 0 Å². The maximum absolute atomic E-state index is 9.02. The van der Waals surface area contributed by atoms with Gasteiger partial charge >= 0.3 is 0 Å². The van der Waals surface area contributed by atoms with Crippen LogP contribution in [-0.4, -0.2) is 14.8 Å². The second-order valence-electron chi connectivity index (χ2n) is 6.90. The van der Waals surface area contributed by atoms with Gasteiger partial charge in [0.1, 0.15) is 18.1 Å². The fourth-order valence-corrected chi connectivity index (χ4v) is 3.18. The van der Waals surface area contributed by atoms with Gasteiger partial charge in [-0.25, -0.2) is 0 Å². The molecule has 0 amide bonds. The molecule has 0 aliphatic carbocycles. The van der Waals surface area contributed by atoms with Gasteiger partial charge in [-0.15, -0.1) is 0 Å². The fraction of sp³-hybridized carbons (Fsp3) is 0.125. The van der Waals surface area contributed by atoms with Gasteiger partial charge in [0.2, 0.25) is 0 Å². The van der Waals surface area contributed by atoms with Gasteiger partial charge in [0.15, 0.2) is 0 Å². The third kappa shape index (κ3) is 4.65. The molecule has 0 fully saturated rings. The molecule has 4 aromatic rings. The average Bonchev–Trinajstić information content (AvgIpc) is 3.18. The van der Waals surface area contributed by atoms with Crippen molar-refractivity contribution in [3.05, 3.63) is 95.9 Å². The van der Waals surface area contributed by atoms with Crippen molar-refractivity contribution in [1.29, 1.82) is 5.26 Å². The summed E-state index contributed by atoms with van der Waals surface area (Å²) in [6, 6.07) is 21.5. The van der Waals surface area contributed by atoms with Crippen LogP contribution in [0.2, 0.25) is 0 Å². The highest BCUT2D eigenvalue weighted by atomic mass is 16.5. The molecular weight excluding hydrogens is 374 g/mol. The number of hydrogen-bond acceptors (Lipinski definition) is 5. The first-order valence-corrected chi connectivity index (χ1v) is 9.60. The lowest BCUT2D eigenvalue weighted by atomic mass is 10.1. The van der Waals surface area contributed by atoms with E-state index in [1.54, 1.807) is 23.1 Å². The summed E-state index contributed by atoms with van der Waals surface area (Å²) >= 11 is 0. The van der Waals surface area contributed by atoms with E-state index in [2.05, 4.69) is 27.5 Å². The Labute approximate surface area is 175 Å². The Bertz CT molecular complexity index is 1180. The monoisotopic (exact) mass is 395 g/mol. The Kier molecular flexibility index (Phi) is 5.72. The predicted octanol–water partition coefficient (Wildman–Crippen LogP) is 4.54. The molecule has 2 heterocycles. The number of pyridine rings is 1. The van der Waals surface area contributed by atoms with Crippen molar-refractivity contribution in [2.24, 2.45) is 7.05 Å². The van der Waals surface area contributed by atoms with Crippen LogP contribution in [0.15, 0.2) is 79.3 Å². The Morgan fingerprint density at radius 2 is 1.83 bits per heavy atom. The molecule has 0 unspecified atom stereocenters. The first kappa shape index (κ1) is 19.2. The fourth-order valence-electron chi connectivity index (χ4n) is 3.18. The molecule has 6 nitrogen and oxygen atoms in total. The van der Waals surface area contributed by atoms with E-state index in [4.69, 9.17) is 10.00 Å². The largest absolute Gasteiger partial charge is 0.489 e. The standard InChI is InChI=1S/C24H21N5O/c1-29-16-23(24(28-29)21-8-10-26-11-9-21)27-15-19-5-3-7-22(13-19)30-17-20-6-2-4-18(12-20)14-25/h2-13,16,27H,15,17H2,1H3. The van der Waals surface area contributed by atoms with Crippen LogP contribution in [0.3, 0.4) is 0 Å². The van der Waals surface area contributed by atoms with E-state index in [0.29, 0.717) is 18.7 Å². The van der Waals surface area contributed by atoms with Gasteiger partial charge in [-0.1, -0.05) is 24.3 Å². The predicted molar refractivity (Wildman–Crippen MR) is 116 cm³/mol. The Balaban J connectivity index is 1.42. The lowest BCUT2D eigenvalue weighted by Crippen LogP contribution is -2.01. The normalized spacial score (nSPS) is 10.4. The number of nitrogens with one attached hydrogen (secondary N) is 1. The highest BCUT2D eigenvalue weighted by molar-refractivity contribution is 5.73. The van der Waals surface area contributed by atoms with Crippen molar-refractivity contribution in [3.8, 4) is 23.1 Å². The first-order chi connectivity index (χ1) is 14.7. The van der Waals surface area contributed by atoms with E-state index in [0.717, 1.165) is 33.8 Å². The summed E-state index contributed by atoms with van der Waals surface area (Å²) in [4.78, 5) is 4.07. The molecule has 4 rings (SSSR count). The van der Waals surface area contributed by atoms with Crippen LogP contribution in [0, 0.1) is 11.3 Å². The zero-order valence-electron chi connectivity index (χ0n) is 16.6. The van der Waals surface area contributed by atoms with Gasteiger partial charge in [-0.05, 0) is 47.5 Å². The summed E-state index contributed by atoms with van der Waals surface area (Å²) < 4.78 is 7.72. The number of aromatic nitrogens is 3. The third-order valence-electron chi connectivity index (χ3n) is 4.63. The topological polar surface area (TPSA) is 75.8 Å². The lowest BCUT2D eigenvalue weighted by Gasteiger charge is -2.10. The number of nitrogens with zero attached hydrogens (tertiary/aromatic N) is 4. The highest BCUT2D eigenvalue weighted by Gasteiger charge is 2.10. The molecule has 0 bridgehead atoms. The quantitative estimate of drug-likeness (QED) is 0.497. The SMILES string of the molecule is Cn1cc(NCc2cccc(OCc3cccc(C#N)c3)c2)c(-c2ccncc2)n1. The molecule has 2 aromatic carbocycles. The molecule has 0 aliphatic heterocycles. The van der Waals surface area contributed by atoms with Crippen LogP contribution in [0.5, 0.6) is 5.75 Å². The minimum absolute atomic E-state index is 0.418. The van der Waals surface area contributed by atoms with Crippen LogP contribution in [0.1, 0.15) is 16.7 Å². The molecule has 0 saturated carbocycles. The summed E-state index contributed by atoms with van der Waals surface area (Å²) in [5, 5.41) is 17.1. The van der Waals surface area contributed by atoms with Crippen LogP contribution in [0.25, 0.3) is 11.3 Å². The highest BCUT2D eigenvalue weighted by Crippen LogP contribution is 2.26. The van der Waals surface area contributed by atoms with Crippen LogP contribution >= 0.6 is 0 Å². The van der Waals surface area contributed by atoms with Gasteiger partial charge in [0, 0.05) is 37.7 Å². The van der Waals surface area contributed by atoms with Crippen molar-refractivity contribution >= 4 is 5.69 Å². The van der Waals surface area contributed by atoms with Crippen molar-refractivity contribution in [2.75, 3.05) is 5.32 Å². The van der Waals surface area contributed by atoms with E-state index >= 15 is 0 Å². The summed E-state index contributed by atoms with van der Waals surface area (Å²) in [6.45, 7) is 1.06. The summed E-state index contributed by atoms with van der Waals surface area (Å²) in [6.07, 6.45) is 5.50. The molecule has 0 spiro atoms. The van der Waals surface area contributed by atoms with Crippen molar-refractivity contribution in [1.82, 2.24) is 14.8 Å². The second-order valence-corrected chi connectivity index (χ2v) is 6.90. The molecule has 0 aliphatic rings. The van der Waals surface area contributed by atoms with Gasteiger partial charge < -0.3 is 10.1 Å². The smallest absolute Gasteiger partial charge is 0.120 e. The first-order valence-electron chi connectivity index (χ1n) is 9.60. The summed E-state index contributed by atoms with van der Waals surface area (Å²) in [5.74, 6) is 0.789. The number of nitriles is 1.